The number of rotatable bonds is 7. The summed E-state index contributed by atoms with van der Waals surface area (Å²) in [7, 11) is 1.57. The zero-order chi connectivity index (χ0) is 19.1. The molecule has 0 bridgehead atoms. The highest BCUT2D eigenvalue weighted by Gasteiger charge is 2.20. The van der Waals surface area contributed by atoms with Gasteiger partial charge in [0.05, 0.1) is 12.1 Å². The third-order valence-corrected chi connectivity index (χ3v) is 5.24. The van der Waals surface area contributed by atoms with E-state index in [-0.39, 0.29) is 5.91 Å². The molecule has 144 valence electrons. The van der Waals surface area contributed by atoms with Crippen LogP contribution in [0.5, 0.6) is 5.75 Å². The molecule has 2 heterocycles. The number of likely N-dealkylation sites (tertiary alicyclic amines) is 1. The summed E-state index contributed by atoms with van der Waals surface area (Å²) in [6, 6.07) is 9.37. The number of amides is 1. The second kappa shape index (κ2) is 9.72. The molecule has 2 aromatic rings. The van der Waals surface area contributed by atoms with Crippen LogP contribution >= 0.6 is 11.6 Å². The smallest absolute Gasteiger partial charge is 0.224 e. The number of carbonyl (C=O) groups excluding carboxylic acids is 1. The van der Waals surface area contributed by atoms with Gasteiger partial charge in [-0.3, -0.25) is 14.7 Å². The predicted octanol–water partition coefficient (Wildman–Crippen LogP) is 4.37. The second-order valence-electron chi connectivity index (χ2n) is 7.04. The Morgan fingerprint density at radius 3 is 3.04 bits per heavy atom. The van der Waals surface area contributed by atoms with Crippen molar-refractivity contribution < 1.29 is 9.53 Å². The Morgan fingerprint density at radius 1 is 1.41 bits per heavy atom. The highest BCUT2D eigenvalue weighted by atomic mass is 35.5. The molecule has 1 saturated heterocycles. The molecule has 1 aromatic carbocycles. The summed E-state index contributed by atoms with van der Waals surface area (Å²) < 4.78 is 5.13. The van der Waals surface area contributed by atoms with Crippen LogP contribution in [-0.4, -0.2) is 36.0 Å². The van der Waals surface area contributed by atoms with E-state index < -0.39 is 0 Å². The van der Waals surface area contributed by atoms with E-state index in [0.717, 1.165) is 26.1 Å². The van der Waals surface area contributed by atoms with Crippen molar-refractivity contribution in [3.05, 3.63) is 53.3 Å². The number of methoxy groups -OCH3 is 1. The predicted molar refractivity (Wildman–Crippen MR) is 108 cm³/mol. The third-order valence-electron chi connectivity index (χ3n) is 4.95. The molecule has 0 spiro atoms. The van der Waals surface area contributed by atoms with Crippen LogP contribution < -0.4 is 10.1 Å². The number of pyridine rings is 1. The van der Waals surface area contributed by atoms with Gasteiger partial charge in [-0.15, -0.1) is 0 Å². The molecule has 1 aliphatic rings. The van der Waals surface area contributed by atoms with Crippen molar-refractivity contribution in [2.24, 2.45) is 5.92 Å². The van der Waals surface area contributed by atoms with Gasteiger partial charge in [-0.1, -0.05) is 17.7 Å². The molecule has 1 N–H and O–H groups in total. The Kier molecular flexibility index (Phi) is 7.07. The normalized spacial score (nSPS) is 17.5. The largest absolute Gasteiger partial charge is 0.495 e. The number of benzene rings is 1. The maximum atomic E-state index is 12.3. The van der Waals surface area contributed by atoms with Gasteiger partial charge in [-0.25, -0.2) is 0 Å². The first-order chi connectivity index (χ1) is 13.1. The van der Waals surface area contributed by atoms with Gasteiger partial charge in [-0.2, -0.15) is 0 Å². The fourth-order valence-electron chi connectivity index (χ4n) is 3.58. The van der Waals surface area contributed by atoms with E-state index in [1.807, 2.05) is 12.3 Å². The quantitative estimate of drug-likeness (QED) is 0.766. The number of nitrogens with zero attached hydrogens (tertiary/aromatic N) is 2. The number of carbonyl (C=O) groups is 1. The van der Waals surface area contributed by atoms with Crippen molar-refractivity contribution in [2.75, 3.05) is 25.5 Å². The zero-order valence-corrected chi connectivity index (χ0v) is 16.4. The highest BCUT2D eigenvalue weighted by molar-refractivity contribution is 6.32. The minimum atomic E-state index is 0.0283. The maximum absolute atomic E-state index is 12.3. The molecule has 1 aromatic heterocycles. The number of aromatic nitrogens is 1. The van der Waals surface area contributed by atoms with Gasteiger partial charge in [0, 0.05) is 37.6 Å². The van der Waals surface area contributed by atoms with E-state index in [2.05, 4.69) is 21.3 Å². The first-order valence-corrected chi connectivity index (χ1v) is 9.76. The Bertz CT molecular complexity index is 754. The summed E-state index contributed by atoms with van der Waals surface area (Å²) in [5, 5.41) is 3.42. The first-order valence-electron chi connectivity index (χ1n) is 9.38. The molecule has 5 nitrogen and oxygen atoms in total. The summed E-state index contributed by atoms with van der Waals surface area (Å²) in [6.07, 6.45) is 7.52. The van der Waals surface area contributed by atoms with Crippen LogP contribution in [0.4, 0.5) is 5.69 Å². The number of nitrogens with one attached hydrogen (secondary N) is 1. The second-order valence-corrected chi connectivity index (χ2v) is 7.45. The minimum Gasteiger partial charge on any atom is -0.495 e. The van der Waals surface area contributed by atoms with Crippen molar-refractivity contribution in [3.63, 3.8) is 0 Å². The standard InChI is InChI=1S/C21H26ClN3O2/c1-27-20-8-7-18(12-19(20)22)24-21(26)9-6-16-5-3-11-25(14-16)15-17-4-2-10-23-13-17/h2,4,7-8,10,12-13,16H,3,5-6,9,11,14-15H2,1H3,(H,24,26)/t16-/m0/s1. The molecule has 1 amide bonds. The number of halogens is 1. The van der Waals surface area contributed by atoms with E-state index in [1.54, 1.807) is 31.5 Å². The monoisotopic (exact) mass is 387 g/mol. The summed E-state index contributed by atoms with van der Waals surface area (Å²) in [5.41, 5.74) is 1.94. The number of hydrogen-bond donors (Lipinski definition) is 1. The molecule has 27 heavy (non-hydrogen) atoms. The Labute approximate surface area is 165 Å². The molecular formula is C21H26ClN3O2. The topological polar surface area (TPSA) is 54.5 Å². The lowest BCUT2D eigenvalue weighted by molar-refractivity contribution is -0.116. The highest BCUT2D eigenvalue weighted by Crippen LogP contribution is 2.27. The van der Waals surface area contributed by atoms with Gasteiger partial charge in [0.15, 0.2) is 0 Å². The summed E-state index contributed by atoms with van der Waals surface area (Å²) in [5.74, 6) is 1.19. The zero-order valence-electron chi connectivity index (χ0n) is 15.7. The van der Waals surface area contributed by atoms with E-state index in [0.29, 0.717) is 28.8 Å². The van der Waals surface area contributed by atoms with Gasteiger partial charge in [0.25, 0.3) is 0 Å². The molecule has 0 saturated carbocycles. The fraction of sp³-hybridized carbons (Fsp3) is 0.429. The Morgan fingerprint density at radius 2 is 2.30 bits per heavy atom. The van der Waals surface area contributed by atoms with Crippen molar-refractivity contribution in [3.8, 4) is 5.75 Å². The Balaban J connectivity index is 1.45. The molecule has 1 aliphatic heterocycles. The van der Waals surface area contributed by atoms with Crippen molar-refractivity contribution >= 4 is 23.2 Å². The van der Waals surface area contributed by atoms with Crippen LogP contribution in [0.25, 0.3) is 0 Å². The number of piperidine rings is 1. The molecule has 3 rings (SSSR count). The molecular weight excluding hydrogens is 362 g/mol. The van der Waals surface area contributed by atoms with Crippen LogP contribution in [0, 0.1) is 5.92 Å². The van der Waals surface area contributed by atoms with Crippen molar-refractivity contribution in [2.45, 2.75) is 32.2 Å². The van der Waals surface area contributed by atoms with Crippen LogP contribution in [0.1, 0.15) is 31.2 Å². The molecule has 1 atom stereocenters. The van der Waals surface area contributed by atoms with Gasteiger partial charge >= 0.3 is 0 Å². The molecule has 1 fully saturated rings. The van der Waals surface area contributed by atoms with Crippen molar-refractivity contribution in [1.82, 2.24) is 9.88 Å². The third kappa shape index (κ3) is 5.94. The average molecular weight is 388 g/mol. The summed E-state index contributed by atoms with van der Waals surface area (Å²) in [4.78, 5) is 18.9. The van der Waals surface area contributed by atoms with Crippen LogP contribution in [0.15, 0.2) is 42.7 Å². The SMILES string of the molecule is COc1ccc(NC(=O)CC[C@@H]2CCCN(Cc3cccnc3)C2)cc1Cl. The van der Waals surface area contributed by atoms with Crippen LogP contribution in [0.2, 0.25) is 5.02 Å². The van der Waals surface area contributed by atoms with E-state index in [4.69, 9.17) is 16.3 Å². The molecule has 0 aliphatic carbocycles. The fourth-order valence-corrected chi connectivity index (χ4v) is 3.84. The number of hydrogen-bond acceptors (Lipinski definition) is 4. The van der Waals surface area contributed by atoms with Gasteiger partial charge in [-0.05, 0) is 61.6 Å². The van der Waals surface area contributed by atoms with Gasteiger partial charge < -0.3 is 10.1 Å². The summed E-state index contributed by atoms with van der Waals surface area (Å²) in [6.45, 7) is 3.08. The number of anilines is 1. The van der Waals surface area contributed by atoms with E-state index in [1.165, 1.54) is 18.4 Å². The summed E-state index contributed by atoms with van der Waals surface area (Å²) >= 11 is 6.11. The molecule has 6 heteroatoms. The maximum Gasteiger partial charge on any atom is 0.224 e. The van der Waals surface area contributed by atoms with Crippen molar-refractivity contribution in [1.29, 1.82) is 0 Å². The molecule has 0 radical (unpaired) electrons. The first kappa shape index (κ1) is 19.6. The van der Waals surface area contributed by atoms with E-state index in [9.17, 15) is 4.79 Å². The minimum absolute atomic E-state index is 0.0283. The average Bonchev–Trinajstić information content (AvgIpc) is 2.68. The lowest BCUT2D eigenvalue weighted by Gasteiger charge is -2.32. The van der Waals surface area contributed by atoms with Gasteiger partial charge in [0.1, 0.15) is 5.75 Å². The molecule has 0 unspecified atom stereocenters. The van der Waals surface area contributed by atoms with Crippen LogP contribution in [0.3, 0.4) is 0 Å². The lowest BCUT2D eigenvalue weighted by atomic mass is 9.93. The van der Waals surface area contributed by atoms with Gasteiger partial charge in [0.2, 0.25) is 5.91 Å². The van der Waals surface area contributed by atoms with E-state index >= 15 is 0 Å². The van der Waals surface area contributed by atoms with Crippen LogP contribution in [-0.2, 0) is 11.3 Å². The lowest BCUT2D eigenvalue weighted by Crippen LogP contribution is -2.35. The Hall–Kier alpha value is -2.11. The number of ether oxygens (including phenoxy) is 1.